The molecular formula is C8H18S2. The lowest BCUT2D eigenvalue weighted by Gasteiger charge is -2.22. The van der Waals surface area contributed by atoms with Gasteiger partial charge in [0, 0.05) is 0 Å². The highest BCUT2D eigenvalue weighted by Crippen LogP contribution is 2.25. The zero-order chi connectivity index (χ0) is 8.20. The van der Waals surface area contributed by atoms with Crippen molar-refractivity contribution in [3.63, 3.8) is 0 Å². The second-order valence-corrected chi connectivity index (χ2v) is 5.56. The number of thioether (sulfide) groups is 1. The minimum atomic E-state index is 0.401. The van der Waals surface area contributed by atoms with E-state index >= 15 is 0 Å². The van der Waals surface area contributed by atoms with Crippen molar-refractivity contribution >= 4 is 24.4 Å². The lowest BCUT2D eigenvalue weighted by Crippen LogP contribution is -2.17. The van der Waals surface area contributed by atoms with Crippen molar-refractivity contribution in [3.8, 4) is 0 Å². The quantitative estimate of drug-likeness (QED) is 0.646. The Hall–Kier alpha value is 0.700. The Balaban J connectivity index is 3.46. The minimum absolute atomic E-state index is 0.401. The molecule has 0 unspecified atom stereocenters. The molecular weight excluding hydrogens is 160 g/mol. The third-order valence-corrected chi connectivity index (χ3v) is 3.71. The lowest BCUT2D eigenvalue weighted by molar-refractivity contribution is 0.493. The van der Waals surface area contributed by atoms with Crippen LogP contribution in [-0.2, 0) is 0 Å². The van der Waals surface area contributed by atoms with Crippen LogP contribution in [-0.4, -0.2) is 16.8 Å². The van der Waals surface area contributed by atoms with Gasteiger partial charge in [0.2, 0.25) is 0 Å². The zero-order valence-corrected chi connectivity index (χ0v) is 9.06. The predicted molar refractivity (Wildman–Crippen MR) is 55.2 cm³/mol. The molecule has 0 heterocycles. The van der Waals surface area contributed by atoms with Gasteiger partial charge in [0.25, 0.3) is 0 Å². The maximum atomic E-state index is 4.29. The van der Waals surface area contributed by atoms with E-state index in [1.54, 1.807) is 0 Å². The summed E-state index contributed by atoms with van der Waals surface area (Å²) in [5.74, 6) is 2.20. The fraction of sp³-hybridized carbons (Fsp3) is 1.00. The summed E-state index contributed by atoms with van der Waals surface area (Å²) in [6.45, 7) is 8.99. The van der Waals surface area contributed by atoms with Crippen molar-refractivity contribution in [1.82, 2.24) is 0 Å². The second-order valence-electron chi connectivity index (χ2n) is 3.68. The molecule has 2 heteroatoms. The first-order valence-corrected chi connectivity index (χ1v) is 5.38. The van der Waals surface area contributed by atoms with Crippen LogP contribution < -0.4 is 0 Å². The largest absolute Gasteiger partial charge is 0.179 e. The molecule has 0 aliphatic rings. The smallest absolute Gasteiger partial charge is 0.000571 e. The third-order valence-electron chi connectivity index (χ3n) is 1.24. The van der Waals surface area contributed by atoms with Crippen LogP contribution in [0.2, 0.25) is 0 Å². The Morgan fingerprint density at radius 1 is 1.40 bits per heavy atom. The van der Waals surface area contributed by atoms with Crippen molar-refractivity contribution in [2.24, 2.45) is 5.41 Å². The van der Waals surface area contributed by atoms with Crippen molar-refractivity contribution in [1.29, 1.82) is 0 Å². The second kappa shape index (κ2) is 4.55. The average molecular weight is 178 g/mol. The van der Waals surface area contributed by atoms with Gasteiger partial charge < -0.3 is 0 Å². The number of hydrogen-bond donors (Lipinski definition) is 1. The van der Waals surface area contributed by atoms with Crippen molar-refractivity contribution in [3.05, 3.63) is 0 Å². The molecule has 0 aliphatic heterocycles. The van der Waals surface area contributed by atoms with Crippen molar-refractivity contribution in [2.45, 2.75) is 32.9 Å². The van der Waals surface area contributed by atoms with Gasteiger partial charge >= 0.3 is 0 Å². The fourth-order valence-electron chi connectivity index (χ4n) is 0.438. The molecule has 0 amide bonds. The molecule has 0 aromatic carbocycles. The zero-order valence-electron chi connectivity index (χ0n) is 7.35. The fourth-order valence-corrected chi connectivity index (χ4v) is 1.59. The first-order chi connectivity index (χ1) is 4.48. The van der Waals surface area contributed by atoms with Crippen LogP contribution in [0.5, 0.6) is 0 Å². The van der Waals surface area contributed by atoms with E-state index in [1.165, 1.54) is 5.75 Å². The SMILES string of the molecule is CC(C)SCC(C)(C)CS. The topological polar surface area (TPSA) is 0 Å². The van der Waals surface area contributed by atoms with Gasteiger partial charge in [-0.15, -0.1) is 0 Å². The molecule has 0 aromatic heterocycles. The minimum Gasteiger partial charge on any atom is -0.179 e. The third kappa shape index (κ3) is 5.48. The highest BCUT2D eigenvalue weighted by Gasteiger charge is 2.15. The van der Waals surface area contributed by atoms with Gasteiger partial charge in [-0.25, -0.2) is 0 Å². The molecule has 0 saturated heterocycles. The first-order valence-electron chi connectivity index (χ1n) is 3.70. The van der Waals surface area contributed by atoms with Crippen LogP contribution in [0, 0.1) is 5.41 Å². The standard InChI is InChI=1S/C8H18S2/c1-7(2)10-6-8(3,4)5-9/h7,9H,5-6H2,1-4H3. The number of hydrogen-bond acceptors (Lipinski definition) is 2. The number of thiol groups is 1. The number of rotatable bonds is 4. The highest BCUT2D eigenvalue weighted by molar-refractivity contribution is 7.99. The Kier molecular flexibility index (Phi) is 4.87. The summed E-state index contributed by atoms with van der Waals surface area (Å²) < 4.78 is 0. The van der Waals surface area contributed by atoms with Crippen LogP contribution in [0.1, 0.15) is 27.7 Å². The van der Waals surface area contributed by atoms with Gasteiger partial charge in [-0.3, -0.25) is 0 Å². The Labute approximate surface area is 74.6 Å². The molecule has 0 rings (SSSR count). The molecule has 0 aliphatic carbocycles. The van der Waals surface area contributed by atoms with E-state index in [0.29, 0.717) is 5.41 Å². The summed E-state index contributed by atoms with van der Waals surface area (Å²) >= 11 is 6.30. The Bertz CT molecular complexity index is 87.3. The van der Waals surface area contributed by atoms with Crippen LogP contribution in [0.25, 0.3) is 0 Å². The van der Waals surface area contributed by atoms with Crippen molar-refractivity contribution in [2.75, 3.05) is 11.5 Å². The van der Waals surface area contributed by atoms with Gasteiger partial charge in [-0.2, -0.15) is 24.4 Å². The summed E-state index contributed by atoms with van der Waals surface area (Å²) in [5.41, 5.74) is 0.401. The van der Waals surface area contributed by atoms with E-state index in [1.807, 2.05) is 11.8 Å². The molecule has 0 radical (unpaired) electrons. The summed E-state index contributed by atoms with van der Waals surface area (Å²) in [5, 5.41) is 0.749. The van der Waals surface area contributed by atoms with Crippen LogP contribution in [0.3, 0.4) is 0 Å². The molecule has 0 aromatic rings. The molecule has 0 N–H and O–H groups in total. The summed E-state index contributed by atoms with van der Waals surface area (Å²) in [6.07, 6.45) is 0. The molecule has 0 nitrogen and oxygen atoms in total. The first kappa shape index (κ1) is 10.7. The van der Waals surface area contributed by atoms with Gasteiger partial charge in [0.15, 0.2) is 0 Å². The van der Waals surface area contributed by atoms with Gasteiger partial charge in [-0.1, -0.05) is 27.7 Å². The molecule has 0 atom stereocenters. The van der Waals surface area contributed by atoms with Gasteiger partial charge in [0.05, 0.1) is 0 Å². The maximum absolute atomic E-state index is 4.29. The Morgan fingerprint density at radius 2 is 1.90 bits per heavy atom. The molecule has 0 fully saturated rings. The Morgan fingerprint density at radius 3 is 2.20 bits per heavy atom. The van der Waals surface area contributed by atoms with Crippen LogP contribution >= 0.6 is 24.4 Å². The average Bonchev–Trinajstić information content (AvgIpc) is 1.85. The highest BCUT2D eigenvalue weighted by atomic mass is 32.2. The summed E-state index contributed by atoms with van der Waals surface area (Å²) in [4.78, 5) is 0. The van der Waals surface area contributed by atoms with E-state index in [9.17, 15) is 0 Å². The van der Waals surface area contributed by atoms with E-state index in [-0.39, 0.29) is 0 Å². The maximum Gasteiger partial charge on any atom is -0.000571 e. The van der Waals surface area contributed by atoms with Crippen LogP contribution in [0.4, 0.5) is 0 Å². The predicted octanol–water partition coefficient (Wildman–Crippen LogP) is 3.08. The molecule has 0 saturated carbocycles. The summed E-state index contributed by atoms with van der Waals surface area (Å²) in [7, 11) is 0. The molecule has 0 spiro atoms. The van der Waals surface area contributed by atoms with Gasteiger partial charge in [-0.05, 0) is 22.2 Å². The van der Waals surface area contributed by atoms with E-state index in [4.69, 9.17) is 0 Å². The van der Waals surface area contributed by atoms with E-state index in [0.717, 1.165) is 11.0 Å². The molecule has 10 heavy (non-hydrogen) atoms. The normalized spacial score (nSPS) is 12.6. The van der Waals surface area contributed by atoms with E-state index in [2.05, 4.69) is 40.3 Å². The molecule has 0 bridgehead atoms. The lowest BCUT2D eigenvalue weighted by atomic mass is 10.0. The van der Waals surface area contributed by atoms with Crippen molar-refractivity contribution < 1.29 is 0 Å². The monoisotopic (exact) mass is 178 g/mol. The summed E-state index contributed by atoms with van der Waals surface area (Å²) in [6, 6.07) is 0. The van der Waals surface area contributed by atoms with Gasteiger partial charge in [0.1, 0.15) is 0 Å². The molecule has 62 valence electrons. The van der Waals surface area contributed by atoms with E-state index < -0.39 is 0 Å². The van der Waals surface area contributed by atoms with Crippen LogP contribution in [0.15, 0.2) is 0 Å².